The van der Waals surface area contributed by atoms with E-state index < -0.39 is 0 Å². The van der Waals surface area contributed by atoms with E-state index in [2.05, 4.69) is 11.6 Å². The predicted octanol–water partition coefficient (Wildman–Crippen LogP) is 2.19. The second-order valence-corrected chi connectivity index (χ2v) is 2.44. The monoisotopic (exact) mass is 143 g/mol. The quantitative estimate of drug-likeness (QED) is 0.610. The molecule has 0 amide bonds. The zero-order valence-corrected chi connectivity index (χ0v) is 6.59. The summed E-state index contributed by atoms with van der Waals surface area (Å²) in [6, 6.07) is 1.97. The van der Waals surface area contributed by atoms with Crippen molar-refractivity contribution in [3.63, 3.8) is 0 Å². The summed E-state index contributed by atoms with van der Waals surface area (Å²) in [5, 5.41) is 0. The van der Waals surface area contributed by atoms with Gasteiger partial charge in [-0.1, -0.05) is 19.6 Å². The number of hydrogen-bond donors (Lipinski definition) is 1. The van der Waals surface area contributed by atoms with Gasteiger partial charge in [0.2, 0.25) is 0 Å². The minimum atomic E-state index is 0.799. The van der Waals surface area contributed by atoms with Gasteiger partial charge in [0.1, 0.15) is 7.85 Å². The molecule has 11 heavy (non-hydrogen) atoms. The third-order valence-electron chi connectivity index (χ3n) is 1.40. The molecule has 0 bridgehead atoms. The topological polar surface area (TPSA) is 15.8 Å². The maximum Gasteiger partial charge on any atom is 0.107 e. The van der Waals surface area contributed by atoms with E-state index in [0.29, 0.717) is 0 Å². The molecule has 0 saturated carbocycles. The first-order chi connectivity index (χ1) is 5.24. The molecule has 2 heteroatoms. The standard InChI is InChI=1S/C9H10BN/c1-3-9-8(4-5-11-9)6-7(2)10/h3-6,11H,1H2,2H3/b7-6+. The molecule has 0 aliphatic heterocycles. The van der Waals surface area contributed by atoms with Gasteiger partial charge in [0, 0.05) is 11.9 Å². The Morgan fingerprint density at radius 1 is 1.73 bits per heavy atom. The summed E-state index contributed by atoms with van der Waals surface area (Å²) in [7, 11) is 5.52. The third kappa shape index (κ3) is 1.87. The van der Waals surface area contributed by atoms with Crippen LogP contribution in [0, 0.1) is 0 Å². The van der Waals surface area contributed by atoms with Crippen LogP contribution in [0.25, 0.3) is 12.2 Å². The van der Waals surface area contributed by atoms with E-state index in [1.807, 2.05) is 25.3 Å². The molecule has 0 spiro atoms. The van der Waals surface area contributed by atoms with Crippen molar-refractivity contribution in [2.45, 2.75) is 6.92 Å². The minimum Gasteiger partial charge on any atom is -0.361 e. The minimum absolute atomic E-state index is 0.799. The van der Waals surface area contributed by atoms with Crippen molar-refractivity contribution in [1.29, 1.82) is 0 Å². The zero-order chi connectivity index (χ0) is 8.27. The summed E-state index contributed by atoms with van der Waals surface area (Å²) in [4.78, 5) is 3.04. The van der Waals surface area contributed by atoms with Crippen molar-refractivity contribution in [1.82, 2.24) is 4.98 Å². The van der Waals surface area contributed by atoms with E-state index in [1.54, 1.807) is 6.08 Å². The molecule has 54 valence electrons. The molecule has 1 N–H and O–H groups in total. The normalized spacial score (nSPS) is 11.5. The van der Waals surface area contributed by atoms with E-state index in [1.165, 1.54) is 0 Å². The van der Waals surface area contributed by atoms with Crippen molar-refractivity contribution >= 4 is 20.0 Å². The Balaban J connectivity index is 3.03. The highest BCUT2D eigenvalue weighted by Crippen LogP contribution is 2.11. The molecular formula is C9H10BN. The van der Waals surface area contributed by atoms with Crippen LogP contribution in [-0.2, 0) is 0 Å². The molecule has 2 radical (unpaired) electrons. The lowest BCUT2D eigenvalue weighted by Crippen LogP contribution is -1.76. The molecule has 0 aliphatic rings. The number of hydrogen-bond acceptors (Lipinski definition) is 0. The second-order valence-electron chi connectivity index (χ2n) is 2.44. The Kier molecular flexibility index (Phi) is 2.37. The summed E-state index contributed by atoms with van der Waals surface area (Å²) < 4.78 is 0. The highest BCUT2D eigenvalue weighted by atomic mass is 14.7. The summed E-state index contributed by atoms with van der Waals surface area (Å²) in [6.07, 6.45) is 5.55. The van der Waals surface area contributed by atoms with Crippen LogP contribution < -0.4 is 0 Å². The Hall–Kier alpha value is -1.18. The highest BCUT2D eigenvalue weighted by Gasteiger charge is 1.94. The summed E-state index contributed by atoms with van der Waals surface area (Å²) in [5.74, 6) is 0. The first-order valence-corrected chi connectivity index (χ1v) is 3.47. The summed E-state index contributed by atoms with van der Waals surface area (Å²) in [6.45, 7) is 5.53. The molecule has 0 unspecified atom stereocenters. The van der Waals surface area contributed by atoms with Crippen molar-refractivity contribution < 1.29 is 0 Å². The van der Waals surface area contributed by atoms with Gasteiger partial charge >= 0.3 is 0 Å². The van der Waals surface area contributed by atoms with Gasteiger partial charge in [-0.25, -0.2) is 0 Å². The van der Waals surface area contributed by atoms with Gasteiger partial charge in [0.25, 0.3) is 0 Å². The van der Waals surface area contributed by atoms with E-state index in [-0.39, 0.29) is 0 Å². The molecule has 0 aliphatic carbocycles. The Labute approximate surface area is 68.2 Å². The fraction of sp³-hybridized carbons (Fsp3) is 0.111. The second kappa shape index (κ2) is 3.29. The van der Waals surface area contributed by atoms with Crippen molar-refractivity contribution in [3.05, 3.63) is 35.6 Å². The lowest BCUT2D eigenvalue weighted by Gasteiger charge is -1.92. The average molecular weight is 143 g/mol. The molecule has 1 aromatic heterocycles. The van der Waals surface area contributed by atoms with E-state index in [9.17, 15) is 0 Å². The molecular weight excluding hydrogens is 133 g/mol. The van der Waals surface area contributed by atoms with Gasteiger partial charge in [-0.05, 0) is 17.7 Å². The first kappa shape index (κ1) is 7.93. The molecule has 1 heterocycles. The third-order valence-corrected chi connectivity index (χ3v) is 1.40. The fourth-order valence-electron chi connectivity index (χ4n) is 0.942. The van der Waals surface area contributed by atoms with Crippen LogP contribution in [0.3, 0.4) is 0 Å². The largest absolute Gasteiger partial charge is 0.361 e. The SMILES string of the molecule is [B]/C(C)=C/c1cc[nH]c1C=C. The van der Waals surface area contributed by atoms with Gasteiger partial charge in [-0.3, -0.25) is 0 Å². The van der Waals surface area contributed by atoms with Crippen molar-refractivity contribution in [2.24, 2.45) is 0 Å². The highest BCUT2D eigenvalue weighted by molar-refractivity contribution is 6.23. The number of nitrogens with one attached hydrogen (secondary N) is 1. The van der Waals surface area contributed by atoms with Crippen LogP contribution in [0.4, 0.5) is 0 Å². The van der Waals surface area contributed by atoms with Crippen LogP contribution in [0.5, 0.6) is 0 Å². The number of rotatable bonds is 2. The van der Waals surface area contributed by atoms with Crippen molar-refractivity contribution in [2.75, 3.05) is 0 Å². The number of H-pyrrole nitrogens is 1. The van der Waals surface area contributed by atoms with Gasteiger partial charge < -0.3 is 4.98 Å². The van der Waals surface area contributed by atoms with Crippen molar-refractivity contribution in [3.8, 4) is 0 Å². The summed E-state index contributed by atoms with van der Waals surface area (Å²) >= 11 is 0. The molecule has 1 rings (SSSR count). The van der Waals surface area contributed by atoms with Crippen LogP contribution in [0.1, 0.15) is 18.2 Å². The Morgan fingerprint density at radius 3 is 3.00 bits per heavy atom. The van der Waals surface area contributed by atoms with E-state index >= 15 is 0 Å². The van der Waals surface area contributed by atoms with Crippen LogP contribution in [0.2, 0.25) is 0 Å². The lowest BCUT2D eigenvalue weighted by atomic mass is 9.95. The average Bonchev–Trinajstić information content (AvgIpc) is 2.34. The van der Waals surface area contributed by atoms with Crippen LogP contribution >= 0.6 is 0 Å². The van der Waals surface area contributed by atoms with Crippen LogP contribution in [-0.4, -0.2) is 12.8 Å². The molecule has 0 fully saturated rings. The predicted molar refractivity (Wildman–Crippen MR) is 50.3 cm³/mol. The van der Waals surface area contributed by atoms with Crippen LogP contribution in [0.15, 0.2) is 24.3 Å². The molecule has 1 nitrogen and oxygen atoms in total. The molecule has 0 saturated heterocycles. The fourth-order valence-corrected chi connectivity index (χ4v) is 0.942. The van der Waals surface area contributed by atoms with E-state index in [4.69, 9.17) is 7.85 Å². The molecule has 1 aromatic rings. The Bertz CT molecular complexity index is 280. The number of aromatic amines is 1. The van der Waals surface area contributed by atoms with Gasteiger partial charge in [0.05, 0.1) is 0 Å². The van der Waals surface area contributed by atoms with Gasteiger partial charge in [0.15, 0.2) is 0 Å². The molecule has 0 aromatic carbocycles. The smallest absolute Gasteiger partial charge is 0.107 e. The first-order valence-electron chi connectivity index (χ1n) is 3.47. The van der Waals surface area contributed by atoms with Gasteiger partial charge in [-0.2, -0.15) is 0 Å². The Morgan fingerprint density at radius 2 is 2.45 bits per heavy atom. The number of allylic oxidation sites excluding steroid dienone is 1. The van der Waals surface area contributed by atoms with Gasteiger partial charge in [-0.15, -0.1) is 5.47 Å². The number of aromatic nitrogens is 1. The molecule has 0 atom stereocenters. The van der Waals surface area contributed by atoms with E-state index in [0.717, 1.165) is 16.7 Å². The lowest BCUT2D eigenvalue weighted by molar-refractivity contribution is 1.37. The maximum atomic E-state index is 5.52. The zero-order valence-electron chi connectivity index (χ0n) is 6.59. The maximum absolute atomic E-state index is 5.52. The summed E-state index contributed by atoms with van der Waals surface area (Å²) in [5.41, 5.74) is 2.89.